The number of nitrogens with one attached hydrogen (secondary N) is 1. The van der Waals surface area contributed by atoms with Crippen molar-refractivity contribution in [2.75, 3.05) is 5.32 Å². The Bertz CT molecular complexity index is 878. The molecule has 0 radical (unpaired) electrons. The van der Waals surface area contributed by atoms with Crippen molar-refractivity contribution in [2.24, 2.45) is 0 Å². The third-order valence-electron chi connectivity index (χ3n) is 3.71. The van der Waals surface area contributed by atoms with Crippen LogP contribution in [0.15, 0.2) is 59.3 Å². The second-order valence-electron chi connectivity index (χ2n) is 5.52. The van der Waals surface area contributed by atoms with Gasteiger partial charge >= 0.3 is 0 Å². The summed E-state index contributed by atoms with van der Waals surface area (Å²) < 4.78 is 4.88. The van der Waals surface area contributed by atoms with Crippen molar-refractivity contribution in [2.45, 2.75) is 13.8 Å². The van der Waals surface area contributed by atoms with Gasteiger partial charge in [-0.2, -0.15) is 0 Å². The summed E-state index contributed by atoms with van der Waals surface area (Å²) >= 11 is 0. The van der Waals surface area contributed by atoms with E-state index in [1.807, 2.05) is 31.2 Å². The van der Waals surface area contributed by atoms with E-state index >= 15 is 0 Å². The minimum absolute atomic E-state index is 0.0530. The number of rotatable bonds is 4. The predicted molar refractivity (Wildman–Crippen MR) is 90.2 cm³/mol. The van der Waals surface area contributed by atoms with E-state index in [-0.39, 0.29) is 11.7 Å². The molecule has 1 heterocycles. The van der Waals surface area contributed by atoms with Crippen LogP contribution in [0.25, 0.3) is 0 Å². The summed E-state index contributed by atoms with van der Waals surface area (Å²) in [7, 11) is 0. The average Bonchev–Trinajstić information content (AvgIpc) is 3.02. The Balaban J connectivity index is 1.73. The summed E-state index contributed by atoms with van der Waals surface area (Å²) in [5.74, 6) is 0.104. The van der Waals surface area contributed by atoms with Crippen molar-refractivity contribution in [1.82, 2.24) is 5.16 Å². The molecule has 0 saturated carbocycles. The Morgan fingerprint density at radius 2 is 1.50 bits per heavy atom. The maximum absolute atomic E-state index is 12.4. The van der Waals surface area contributed by atoms with Crippen LogP contribution in [0.2, 0.25) is 0 Å². The molecule has 5 heteroatoms. The molecule has 120 valence electrons. The van der Waals surface area contributed by atoms with Crippen molar-refractivity contribution < 1.29 is 14.1 Å². The molecule has 0 atom stereocenters. The molecular weight excluding hydrogens is 304 g/mol. The molecule has 0 saturated heterocycles. The molecule has 0 aliphatic carbocycles. The highest BCUT2D eigenvalue weighted by Crippen LogP contribution is 2.16. The number of benzene rings is 2. The smallest absolute Gasteiger partial charge is 0.260 e. The number of nitrogens with zero attached hydrogens (tertiary/aromatic N) is 1. The monoisotopic (exact) mass is 320 g/mol. The summed E-state index contributed by atoms with van der Waals surface area (Å²) in [5, 5.41) is 6.33. The molecule has 3 rings (SSSR count). The maximum Gasteiger partial charge on any atom is 0.260 e. The van der Waals surface area contributed by atoms with Crippen molar-refractivity contribution in [1.29, 1.82) is 0 Å². The molecular formula is C19H16N2O3. The number of anilines is 1. The van der Waals surface area contributed by atoms with Gasteiger partial charge in [0.2, 0.25) is 0 Å². The highest BCUT2D eigenvalue weighted by Gasteiger charge is 2.13. The highest BCUT2D eigenvalue weighted by atomic mass is 16.5. The first-order valence-electron chi connectivity index (χ1n) is 7.48. The molecule has 0 aliphatic rings. The zero-order valence-electron chi connectivity index (χ0n) is 13.4. The number of hydrogen-bond acceptors (Lipinski definition) is 4. The third kappa shape index (κ3) is 3.25. The van der Waals surface area contributed by atoms with E-state index in [0.29, 0.717) is 28.1 Å². The largest absolute Gasteiger partial charge is 0.361 e. The van der Waals surface area contributed by atoms with Gasteiger partial charge in [-0.15, -0.1) is 0 Å². The quantitative estimate of drug-likeness (QED) is 0.743. The number of aryl methyl sites for hydroxylation is 2. The van der Waals surface area contributed by atoms with Crippen molar-refractivity contribution in [3.63, 3.8) is 0 Å². The van der Waals surface area contributed by atoms with E-state index < -0.39 is 0 Å². The summed E-state index contributed by atoms with van der Waals surface area (Å²) in [4.78, 5) is 24.5. The summed E-state index contributed by atoms with van der Waals surface area (Å²) in [6, 6.07) is 14.2. The third-order valence-corrected chi connectivity index (χ3v) is 3.71. The lowest BCUT2D eigenvalue weighted by atomic mass is 10.0. The first kappa shape index (κ1) is 15.7. The Labute approximate surface area is 139 Å². The topological polar surface area (TPSA) is 72.2 Å². The molecule has 0 aliphatic heterocycles. The average molecular weight is 320 g/mol. The minimum Gasteiger partial charge on any atom is -0.361 e. The van der Waals surface area contributed by atoms with Crippen LogP contribution in [0.4, 0.5) is 5.69 Å². The molecule has 5 nitrogen and oxygen atoms in total. The van der Waals surface area contributed by atoms with E-state index in [1.54, 1.807) is 31.2 Å². The predicted octanol–water partition coefficient (Wildman–Crippen LogP) is 3.77. The fourth-order valence-corrected chi connectivity index (χ4v) is 2.29. The van der Waals surface area contributed by atoms with Gasteiger partial charge in [-0.25, -0.2) is 0 Å². The number of ketones is 1. The summed E-state index contributed by atoms with van der Waals surface area (Å²) in [6.07, 6.45) is 1.37. The van der Waals surface area contributed by atoms with Crippen LogP contribution in [0.3, 0.4) is 0 Å². The van der Waals surface area contributed by atoms with E-state index in [1.165, 1.54) is 6.20 Å². The molecule has 1 aromatic heterocycles. The molecule has 0 fully saturated rings. The van der Waals surface area contributed by atoms with Gasteiger partial charge in [0, 0.05) is 16.8 Å². The number of carbonyl (C=O) groups is 2. The van der Waals surface area contributed by atoms with E-state index in [2.05, 4.69) is 10.5 Å². The highest BCUT2D eigenvalue weighted by molar-refractivity contribution is 6.09. The van der Waals surface area contributed by atoms with Crippen molar-refractivity contribution in [3.8, 4) is 0 Å². The first-order valence-corrected chi connectivity index (χ1v) is 7.48. The van der Waals surface area contributed by atoms with Crippen molar-refractivity contribution in [3.05, 3.63) is 82.7 Å². The molecule has 24 heavy (non-hydrogen) atoms. The van der Waals surface area contributed by atoms with Crippen LogP contribution < -0.4 is 5.32 Å². The lowest BCUT2D eigenvalue weighted by molar-refractivity contribution is 0.102. The number of amides is 1. The van der Waals surface area contributed by atoms with Crippen LogP contribution in [-0.2, 0) is 0 Å². The van der Waals surface area contributed by atoms with Crippen LogP contribution in [0.1, 0.15) is 37.6 Å². The molecule has 1 N–H and O–H groups in total. The van der Waals surface area contributed by atoms with Gasteiger partial charge in [0.05, 0.1) is 6.20 Å². The normalized spacial score (nSPS) is 10.4. The molecule has 0 spiro atoms. The number of aromatic nitrogens is 1. The first-order chi connectivity index (χ1) is 11.5. The van der Waals surface area contributed by atoms with E-state index in [0.717, 1.165) is 5.56 Å². The molecule has 3 aromatic rings. The van der Waals surface area contributed by atoms with Gasteiger partial charge in [0.1, 0.15) is 11.3 Å². The van der Waals surface area contributed by atoms with Gasteiger partial charge in [0.25, 0.3) is 5.91 Å². The van der Waals surface area contributed by atoms with Crippen LogP contribution in [0, 0.1) is 13.8 Å². The zero-order valence-corrected chi connectivity index (χ0v) is 13.4. The van der Waals surface area contributed by atoms with Gasteiger partial charge < -0.3 is 9.84 Å². The Hall–Kier alpha value is -3.21. The molecule has 1 amide bonds. The van der Waals surface area contributed by atoms with Gasteiger partial charge in [0.15, 0.2) is 5.78 Å². The number of carbonyl (C=O) groups excluding carboxylic acids is 2. The lowest BCUT2D eigenvalue weighted by Gasteiger charge is -2.06. The fourth-order valence-electron chi connectivity index (χ4n) is 2.29. The maximum atomic E-state index is 12.4. The van der Waals surface area contributed by atoms with Gasteiger partial charge in [-0.05, 0) is 38.1 Å². The summed E-state index contributed by atoms with van der Waals surface area (Å²) in [5.41, 5.74) is 3.29. The van der Waals surface area contributed by atoms with Gasteiger partial charge in [-0.1, -0.05) is 35.0 Å². The second kappa shape index (κ2) is 6.50. The van der Waals surface area contributed by atoms with Crippen molar-refractivity contribution >= 4 is 17.4 Å². The second-order valence-corrected chi connectivity index (χ2v) is 5.52. The van der Waals surface area contributed by atoms with E-state index in [4.69, 9.17) is 4.52 Å². The lowest BCUT2D eigenvalue weighted by Crippen LogP contribution is -2.12. The standard InChI is InChI=1S/C19H16N2O3/c1-12-3-5-14(6-4-12)18(22)15-7-9-16(10-8-15)21-19(23)17-11-20-24-13(17)2/h3-11H,1-2H3,(H,21,23). The Morgan fingerprint density at radius 1 is 0.917 bits per heavy atom. The zero-order chi connectivity index (χ0) is 17.1. The fraction of sp³-hybridized carbons (Fsp3) is 0.105. The van der Waals surface area contributed by atoms with Crippen LogP contribution >= 0.6 is 0 Å². The Kier molecular flexibility index (Phi) is 4.24. The number of hydrogen-bond donors (Lipinski definition) is 1. The van der Waals surface area contributed by atoms with Gasteiger partial charge in [-0.3, -0.25) is 9.59 Å². The van der Waals surface area contributed by atoms with Crippen LogP contribution in [0.5, 0.6) is 0 Å². The molecule has 0 bridgehead atoms. The van der Waals surface area contributed by atoms with E-state index in [9.17, 15) is 9.59 Å². The van der Waals surface area contributed by atoms with Crippen LogP contribution in [-0.4, -0.2) is 16.8 Å². The summed E-state index contributed by atoms with van der Waals surface area (Å²) in [6.45, 7) is 3.65. The molecule has 2 aromatic carbocycles. The molecule has 0 unspecified atom stereocenters. The SMILES string of the molecule is Cc1ccc(C(=O)c2ccc(NC(=O)c3cnoc3C)cc2)cc1. The Morgan fingerprint density at radius 3 is 2.04 bits per heavy atom. The minimum atomic E-state index is -0.300.